The van der Waals surface area contributed by atoms with E-state index in [1.807, 2.05) is 0 Å². The maximum Gasteiger partial charge on any atom is 1.00 e. The minimum Gasteiger partial charge on any atom is -0.542 e. The van der Waals surface area contributed by atoms with Crippen molar-refractivity contribution < 1.29 is 87.9 Å². The smallest absolute Gasteiger partial charge is 0.542 e. The van der Waals surface area contributed by atoms with Crippen LogP contribution in [0.25, 0.3) is 0 Å². The van der Waals surface area contributed by atoms with Crippen LogP contribution in [0.5, 0.6) is 0 Å². The fraction of sp³-hybridized carbons (Fsp3) is 0. The molecule has 0 bridgehead atoms. The third kappa shape index (κ3) is 11.2. The zero-order valence-electron chi connectivity index (χ0n) is 6.68. The molecule has 0 aliphatic carbocycles. The molecule has 0 fully saturated rings. The van der Waals surface area contributed by atoms with E-state index in [-0.39, 0.29) is 59.1 Å². The van der Waals surface area contributed by atoms with E-state index in [0.29, 0.717) is 0 Å². The van der Waals surface area contributed by atoms with Crippen LogP contribution in [-0.2, 0) is 13.9 Å². The zero-order valence-corrected chi connectivity index (χ0v) is 11.6. The minimum absolute atomic E-state index is 0. The van der Waals surface area contributed by atoms with Crippen molar-refractivity contribution in [1.82, 2.24) is 0 Å². The van der Waals surface area contributed by atoms with Gasteiger partial charge in [0.25, 0.3) is 0 Å². The summed E-state index contributed by atoms with van der Waals surface area (Å²) in [4.78, 5) is 25.6. The summed E-state index contributed by atoms with van der Waals surface area (Å²) >= 11 is 0. The Kier molecular flexibility index (Phi) is 11.9. The largest absolute Gasteiger partial charge is 1.00 e. The quantitative estimate of drug-likeness (QED) is 0.209. The van der Waals surface area contributed by atoms with Crippen molar-refractivity contribution in [2.45, 2.75) is 0 Å². The first kappa shape index (κ1) is 18.9. The Morgan fingerprint density at radius 3 is 1.83 bits per heavy atom. The third-order valence-corrected chi connectivity index (χ3v) is 0.915. The normalized spacial score (nSPS) is 8.83. The van der Waals surface area contributed by atoms with Gasteiger partial charge in [0.05, 0.1) is 0 Å². The van der Waals surface area contributed by atoms with Crippen molar-refractivity contribution in [2.75, 3.05) is 0 Å². The number of phosphoric acid groups is 1. The van der Waals surface area contributed by atoms with Gasteiger partial charge < -0.3 is 14.4 Å². The molecule has 9 heteroatoms. The van der Waals surface area contributed by atoms with Gasteiger partial charge in [-0.15, -0.1) is 0 Å². The molecule has 0 amide bonds. The van der Waals surface area contributed by atoms with Crippen molar-refractivity contribution in [3.63, 3.8) is 0 Å². The second-order valence-corrected chi connectivity index (χ2v) is 2.46. The van der Waals surface area contributed by atoms with Crippen LogP contribution in [-0.4, -0.2) is 15.8 Å². The van der Waals surface area contributed by atoms with Crippen molar-refractivity contribution >= 4 is 13.8 Å². The summed E-state index contributed by atoms with van der Waals surface area (Å²) in [7, 11) is -4.80. The maximum absolute atomic E-state index is 9.87. The molecular weight excluding hydrogens is 209 g/mol. The van der Waals surface area contributed by atoms with Gasteiger partial charge in [-0.05, 0) is 0 Å². The Bertz CT molecular complexity index is 209. The molecule has 0 heterocycles. The predicted octanol–water partition coefficient (Wildman–Crippen LogP) is -7.63. The van der Waals surface area contributed by atoms with Crippen molar-refractivity contribution in [3.8, 4) is 0 Å². The molecular formula is C3H4Na2O6P+. The van der Waals surface area contributed by atoms with Crippen LogP contribution in [0.1, 0.15) is 0 Å². The molecule has 0 aliphatic heterocycles. The van der Waals surface area contributed by atoms with Crippen LogP contribution in [0.2, 0.25) is 0 Å². The average Bonchev–Trinajstić information content (AvgIpc) is 1.60. The molecule has 0 radical (unpaired) electrons. The second kappa shape index (κ2) is 7.55. The van der Waals surface area contributed by atoms with E-state index in [2.05, 4.69) is 11.1 Å². The fourth-order valence-corrected chi connectivity index (χ4v) is 0.542. The predicted molar refractivity (Wildman–Crippen MR) is 27.3 cm³/mol. The second-order valence-electron chi connectivity index (χ2n) is 1.29. The number of carbonyl (C=O) groups is 1. The molecule has 58 valence electrons. The van der Waals surface area contributed by atoms with Gasteiger partial charge in [0.15, 0.2) is 0 Å². The number of hydrogen-bond acceptors (Lipinski definition) is 4. The molecule has 0 saturated heterocycles. The molecule has 12 heavy (non-hydrogen) atoms. The van der Waals surface area contributed by atoms with Crippen LogP contribution in [0.4, 0.5) is 0 Å². The number of phosphoric ester groups is 1. The Morgan fingerprint density at radius 2 is 1.75 bits per heavy atom. The van der Waals surface area contributed by atoms with E-state index in [1.54, 1.807) is 0 Å². The van der Waals surface area contributed by atoms with E-state index >= 15 is 0 Å². The molecule has 0 saturated carbocycles. The number of aliphatic carboxylic acids is 1. The van der Waals surface area contributed by atoms with Crippen molar-refractivity contribution in [2.24, 2.45) is 0 Å². The van der Waals surface area contributed by atoms with Crippen LogP contribution in [0, 0.1) is 0 Å². The first-order valence-corrected chi connectivity index (χ1v) is 3.51. The SMILES string of the molecule is C=C(OP(=O)(O)O)C(=O)[O-].[Na+].[Na+]. The zero-order chi connectivity index (χ0) is 8.36. The van der Waals surface area contributed by atoms with Gasteiger partial charge in [-0.25, -0.2) is 4.57 Å². The topological polar surface area (TPSA) is 107 Å². The minimum atomic E-state index is -4.80. The summed E-state index contributed by atoms with van der Waals surface area (Å²) in [6, 6.07) is 0. The van der Waals surface area contributed by atoms with Gasteiger partial charge in [0.1, 0.15) is 11.7 Å². The monoisotopic (exact) mass is 213 g/mol. The summed E-state index contributed by atoms with van der Waals surface area (Å²) in [6.07, 6.45) is 0. The van der Waals surface area contributed by atoms with Crippen LogP contribution < -0.4 is 64.2 Å². The molecule has 2 N–H and O–H groups in total. The number of carboxylic acid groups (broad SMARTS) is 1. The summed E-state index contributed by atoms with van der Waals surface area (Å²) in [5, 5.41) is 9.70. The van der Waals surface area contributed by atoms with E-state index in [9.17, 15) is 14.5 Å². The summed E-state index contributed by atoms with van der Waals surface area (Å²) < 4.78 is 13.4. The van der Waals surface area contributed by atoms with Gasteiger partial charge in [0, 0.05) is 0 Å². The van der Waals surface area contributed by atoms with E-state index < -0.39 is 19.6 Å². The molecule has 0 aromatic heterocycles. The van der Waals surface area contributed by atoms with Crippen molar-refractivity contribution in [3.05, 3.63) is 12.3 Å². The van der Waals surface area contributed by atoms with Crippen LogP contribution in [0.15, 0.2) is 12.3 Å². The van der Waals surface area contributed by atoms with Gasteiger partial charge >= 0.3 is 66.9 Å². The Hall–Kier alpha value is 1.16. The van der Waals surface area contributed by atoms with Gasteiger partial charge in [-0.1, -0.05) is 6.58 Å². The Morgan fingerprint density at radius 1 is 1.42 bits per heavy atom. The number of carbonyl (C=O) groups excluding carboxylic acids is 1. The Labute approximate surface area is 113 Å². The molecule has 0 aromatic carbocycles. The fourth-order valence-electron chi connectivity index (χ4n) is 0.181. The molecule has 0 aromatic rings. The first-order chi connectivity index (χ1) is 4.33. The molecule has 6 nitrogen and oxygen atoms in total. The third-order valence-electron chi connectivity index (χ3n) is 0.457. The van der Waals surface area contributed by atoms with Crippen molar-refractivity contribution in [1.29, 1.82) is 0 Å². The summed E-state index contributed by atoms with van der Waals surface area (Å²) in [5.41, 5.74) is 0. The molecule has 0 atom stereocenters. The van der Waals surface area contributed by atoms with Gasteiger partial charge in [-0.2, -0.15) is 0 Å². The van der Waals surface area contributed by atoms with Crippen LogP contribution in [0.3, 0.4) is 0 Å². The average molecular weight is 213 g/mol. The molecule has 0 aliphatic rings. The molecule has 0 spiro atoms. The summed E-state index contributed by atoms with van der Waals surface area (Å²) in [5.74, 6) is -2.95. The van der Waals surface area contributed by atoms with Gasteiger partial charge in [0.2, 0.25) is 0 Å². The molecule has 0 rings (SSSR count). The maximum atomic E-state index is 9.87. The van der Waals surface area contributed by atoms with Gasteiger partial charge in [-0.3, -0.25) is 9.79 Å². The van der Waals surface area contributed by atoms with Crippen LogP contribution >= 0.6 is 7.82 Å². The Balaban J connectivity index is -0.000000405. The number of rotatable bonds is 3. The van der Waals surface area contributed by atoms with E-state index in [0.717, 1.165) is 0 Å². The summed E-state index contributed by atoms with van der Waals surface area (Å²) in [6.45, 7) is 2.66. The van der Waals surface area contributed by atoms with E-state index in [4.69, 9.17) is 9.79 Å². The number of carboxylic acids is 1. The standard InChI is InChI=1S/C3H5O6P.2Na/c1-2(3(4)5)9-10(6,7)8;;/h1H2,(H,4,5)(H2,6,7,8);;/q;2*+1/p-1. The first-order valence-electron chi connectivity index (χ1n) is 1.98. The number of hydrogen-bond donors (Lipinski definition) is 2. The molecule has 0 unspecified atom stereocenters. The van der Waals surface area contributed by atoms with E-state index in [1.165, 1.54) is 0 Å².